The van der Waals surface area contributed by atoms with Crippen molar-refractivity contribution in [3.8, 4) is 5.75 Å². The second kappa shape index (κ2) is 8.01. The number of halogens is 1. The van der Waals surface area contributed by atoms with Gasteiger partial charge in [-0.1, -0.05) is 41.9 Å². The number of nitrogens with zero attached hydrogens (tertiary/aromatic N) is 1. The van der Waals surface area contributed by atoms with Crippen molar-refractivity contribution in [2.45, 2.75) is 18.9 Å². The van der Waals surface area contributed by atoms with Gasteiger partial charge in [0.1, 0.15) is 5.75 Å². The van der Waals surface area contributed by atoms with Crippen LogP contribution >= 0.6 is 11.6 Å². The molecule has 5 heteroatoms. The standard InChI is InChI=1S/C22H24ClNO3/c1-26-19-10-9-18(23)20-16(19)7-8-17(22(20)25)21(15-5-3-2-4-6-15)24-11-13-27-14-12-24/h2-6,9-10,17,21H,7-8,11-14H2,1H3. The number of carbonyl (C=O) groups excluding carboxylic acids is 1. The normalized spacial score (nSPS) is 21.6. The lowest BCUT2D eigenvalue weighted by atomic mass is 9.76. The summed E-state index contributed by atoms with van der Waals surface area (Å²) < 4.78 is 11.0. The molecule has 0 aromatic heterocycles. The van der Waals surface area contributed by atoms with E-state index in [9.17, 15) is 4.79 Å². The van der Waals surface area contributed by atoms with Gasteiger partial charge in [0.05, 0.1) is 25.3 Å². The number of morpholine rings is 1. The van der Waals surface area contributed by atoms with Gasteiger partial charge in [-0.2, -0.15) is 0 Å². The van der Waals surface area contributed by atoms with Crippen molar-refractivity contribution in [2.24, 2.45) is 5.92 Å². The fourth-order valence-electron chi connectivity index (χ4n) is 4.43. The van der Waals surface area contributed by atoms with E-state index in [1.807, 2.05) is 24.3 Å². The Morgan fingerprint density at radius 3 is 2.59 bits per heavy atom. The van der Waals surface area contributed by atoms with E-state index in [1.54, 1.807) is 13.2 Å². The third-order valence-electron chi connectivity index (χ3n) is 5.69. The summed E-state index contributed by atoms with van der Waals surface area (Å²) in [6.45, 7) is 3.08. The highest BCUT2D eigenvalue weighted by Crippen LogP contribution is 2.42. The number of hydrogen-bond donors (Lipinski definition) is 0. The molecule has 0 N–H and O–H groups in total. The quantitative estimate of drug-likeness (QED) is 0.791. The second-order valence-corrected chi connectivity index (χ2v) is 7.52. The largest absolute Gasteiger partial charge is 0.496 e. The number of fused-ring (bicyclic) bond motifs is 1. The van der Waals surface area contributed by atoms with Gasteiger partial charge in [0.2, 0.25) is 0 Å². The fourth-order valence-corrected chi connectivity index (χ4v) is 4.70. The highest BCUT2D eigenvalue weighted by atomic mass is 35.5. The third kappa shape index (κ3) is 3.49. The topological polar surface area (TPSA) is 38.8 Å². The number of carbonyl (C=O) groups is 1. The first-order valence-electron chi connectivity index (χ1n) is 9.47. The Morgan fingerprint density at radius 1 is 1.15 bits per heavy atom. The SMILES string of the molecule is COc1ccc(Cl)c2c1CCC(C(c1ccccc1)N1CCOCC1)C2=O. The molecule has 2 unspecified atom stereocenters. The second-order valence-electron chi connectivity index (χ2n) is 7.12. The molecular weight excluding hydrogens is 362 g/mol. The van der Waals surface area contributed by atoms with Gasteiger partial charge in [-0.3, -0.25) is 9.69 Å². The van der Waals surface area contributed by atoms with Gasteiger partial charge < -0.3 is 9.47 Å². The molecule has 0 saturated carbocycles. The molecular formula is C22H24ClNO3. The Hall–Kier alpha value is -1.88. The highest BCUT2D eigenvalue weighted by molar-refractivity contribution is 6.34. The van der Waals surface area contributed by atoms with E-state index in [4.69, 9.17) is 21.1 Å². The molecule has 2 aromatic rings. The minimum atomic E-state index is -0.123. The first-order valence-corrected chi connectivity index (χ1v) is 9.85. The van der Waals surface area contributed by atoms with Crippen LogP contribution in [0.5, 0.6) is 5.75 Å². The number of ketones is 1. The number of Topliss-reactive ketones (excluding diaryl/α,β-unsaturated/α-hetero) is 1. The molecule has 0 radical (unpaired) electrons. The van der Waals surface area contributed by atoms with Crippen molar-refractivity contribution in [3.05, 3.63) is 64.2 Å². The first kappa shape index (κ1) is 18.5. The molecule has 2 aliphatic rings. The lowest BCUT2D eigenvalue weighted by Gasteiger charge is -2.40. The molecule has 1 heterocycles. The molecule has 2 atom stereocenters. The summed E-state index contributed by atoms with van der Waals surface area (Å²) in [7, 11) is 1.64. The molecule has 1 aliphatic heterocycles. The molecule has 2 aromatic carbocycles. The lowest BCUT2D eigenvalue weighted by molar-refractivity contribution is 0.00162. The summed E-state index contributed by atoms with van der Waals surface area (Å²) in [6, 6.07) is 14.0. The number of rotatable bonds is 4. The Morgan fingerprint density at radius 2 is 1.89 bits per heavy atom. The van der Waals surface area contributed by atoms with Crippen molar-refractivity contribution >= 4 is 17.4 Å². The molecule has 1 fully saturated rings. The fraction of sp³-hybridized carbons (Fsp3) is 0.409. The van der Waals surface area contributed by atoms with Crippen molar-refractivity contribution in [3.63, 3.8) is 0 Å². The highest BCUT2D eigenvalue weighted by Gasteiger charge is 2.39. The minimum Gasteiger partial charge on any atom is -0.496 e. The van der Waals surface area contributed by atoms with Crippen LogP contribution in [-0.2, 0) is 11.2 Å². The summed E-state index contributed by atoms with van der Waals surface area (Å²) >= 11 is 6.46. The van der Waals surface area contributed by atoms with Crippen molar-refractivity contribution in [1.82, 2.24) is 4.90 Å². The van der Waals surface area contributed by atoms with Crippen LogP contribution in [0.3, 0.4) is 0 Å². The van der Waals surface area contributed by atoms with Crippen molar-refractivity contribution < 1.29 is 14.3 Å². The average molecular weight is 386 g/mol. The van der Waals surface area contributed by atoms with Crippen LogP contribution in [0.1, 0.15) is 33.9 Å². The summed E-state index contributed by atoms with van der Waals surface area (Å²) in [5.74, 6) is 0.756. The van der Waals surface area contributed by atoms with Gasteiger partial charge in [0.15, 0.2) is 5.78 Å². The summed E-state index contributed by atoms with van der Waals surface area (Å²) in [5, 5.41) is 0.522. The van der Waals surface area contributed by atoms with Crippen LogP contribution in [0.4, 0.5) is 0 Å². The van der Waals surface area contributed by atoms with Crippen LogP contribution in [0.15, 0.2) is 42.5 Å². The van der Waals surface area contributed by atoms with Gasteiger partial charge in [0.25, 0.3) is 0 Å². The molecule has 142 valence electrons. The zero-order valence-corrected chi connectivity index (χ0v) is 16.2. The monoisotopic (exact) mass is 385 g/mol. The first-order chi connectivity index (χ1) is 13.2. The van der Waals surface area contributed by atoms with Crippen LogP contribution in [0.2, 0.25) is 5.02 Å². The van der Waals surface area contributed by atoms with Gasteiger partial charge in [-0.25, -0.2) is 0 Å². The molecule has 0 bridgehead atoms. The smallest absolute Gasteiger partial charge is 0.169 e. The molecule has 1 aliphatic carbocycles. The van der Waals surface area contributed by atoms with Gasteiger partial charge >= 0.3 is 0 Å². The van der Waals surface area contributed by atoms with E-state index >= 15 is 0 Å². The van der Waals surface area contributed by atoms with Gasteiger partial charge in [-0.05, 0) is 30.5 Å². The Bertz CT molecular complexity index is 818. The number of benzene rings is 2. The van der Waals surface area contributed by atoms with Crippen molar-refractivity contribution in [2.75, 3.05) is 33.4 Å². The van der Waals surface area contributed by atoms with E-state index < -0.39 is 0 Å². The molecule has 0 amide bonds. The zero-order chi connectivity index (χ0) is 18.8. The molecule has 4 rings (SSSR count). The van der Waals surface area contributed by atoms with E-state index in [2.05, 4.69) is 17.0 Å². The molecule has 27 heavy (non-hydrogen) atoms. The molecule has 0 spiro atoms. The van der Waals surface area contributed by atoms with Gasteiger partial charge in [-0.15, -0.1) is 0 Å². The predicted molar refractivity (Wildman–Crippen MR) is 106 cm³/mol. The van der Waals surface area contributed by atoms with Crippen LogP contribution in [0, 0.1) is 5.92 Å². The molecule has 4 nitrogen and oxygen atoms in total. The van der Waals surface area contributed by atoms with E-state index in [0.29, 0.717) is 23.8 Å². The van der Waals surface area contributed by atoms with Crippen LogP contribution in [-0.4, -0.2) is 44.1 Å². The van der Waals surface area contributed by atoms with Crippen LogP contribution < -0.4 is 4.74 Å². The summed E-state index contributed by atoms with van der Waals surface area (Å²) in [5.41, 5.74) is 2.77. The number of ether oxygens (including phenoxy) is 2. The maximum Gasteiger partial charge on any atom is 0.169 e. The summed E-state index contributed by atoms with van der Waals surface area (Å²) in [4.78, 5) is 16.0. The van der Waals surface area contributed by atoms with E-state index in [-0.39, 0.29) is 17.7 Å². The number of hydrogen-bond acceptors (Lipinski definition) is 4. The zero-order valence-electron chi connectivity index (χ0n) is 15.5. The van der Waals surface area contributed by atoms with E-state index in [0.717, 1.165) is 37.2 Å². The molecule has 1 saturated heterocycles. The minimum absolute atomic E-state index is 0.0398. The predicted octanol–water partition coefficient (Wildman–Crippen LogP) is 4.17. The third-order valence-corrected chi connectivity index (χ3v) is 6.00. The van der Waals surface area contributed by atoms with Crippen molar-refractivity contribution in [1.29, 1.82) is 0 Å². The average Bonchev–Trinajstić information content (AvgIpc) is 2.72. The Balaban J connectivity index is 1.74. The summed E-state index contributed by atoms with van der Waals surface area (Å²) in [6.07, 6.45) is 1.59. The van der Waals surface area contributed by atoms with Gasteiger partial charge in [0, 0.05) is 36.2 Å². The van der Waals surface area contributed by atoms with Crippen LogP contribution in [0.25, 0.3) is 0 Å². The maximum absolute atomic E-state index is 13.6. The van der Waals surface area contributed by atoms with E-state index in [1.165, 1.54) is 5.56 Å². The Labute approximate surface area is 165 Å². The number of methoxy groups -OCH3 is 1. The lowest BCUT2D eigenvalue weighted by Crippen LogP contribution is -2.44. The Kier molecular flexibility index (Phi) is 5.48. The maximum atomic E-state index is 13.6.